The lowest BCUT2D eigenvalue weighted by molar-refractivity contribution is 0.266. The topological polar surface area (TPSA) is 12.0 Å². The molecule has 20 heavy (non-hydrogen) atoms. The number of rotatable bonds is 4. The molecule has 0 heterocycles. The predicted molar refractivity (Wildman–Crippen MR) is 80.2 cm³/mol. The van der Waals surface area contributed by atoms with E-state index in [0.717, 1.165) is 18.4 Å². The zero-order valence-corrected chi connectivity index (χ0v) is 11.7. The van der Waals surface area contributed by atoms with E-state index in [0.29, 0.717) is 18.0 Å². The summed E-state index contributed by atoms with van der Waals surface area (Å²) < 4.78 is 13.7. The van der Waals surface area contributed by atoms with Gasteiger partial charge in [-0.15, -0.1) is 0 Å². The van der Waals surface area contributed by atoms with Crippen LogP contribution in [-0.2, 0) is 0 Å². The molecule has 1 aliphatic rings. The van der Waals surface area contributed by atoms with Crippen molar-refractivity contribution in [2.24, 2.45) is 0 Å². The summed E-state index contributed by atoms with van der Waals surface area (Å²) in [7, 11) is 0. The van der Waals surface area contributed by atoms with E-state index in [-0.39, 0.29) is 5.82 Å². The van der Waals surface area contributed by atoms with Gasteiger partial charge in [-0.2, -0.15) is 0 Å². The zero-order chi connectivity index (χ0) is 13.9. The molecule has 1 saturated carbocycles. The van der Waals surface area contributed by atoms with Crippen molar-refractivity contribution >= 4 is 0 Å². The zero-order valence-electron chi connectivity index (χ0n) is 11.7. The number of hydrogen-bond donors (Lipinski definition) is 1. The van der Waals surface area contributed by atoms with E-state index in [1.165, 1.54) is 5.56 Å². The van der Waals surface area contributed by atoms with Crippen molar-refractivity contribution in [2.75, 3.05) is 0 Å². The Balaban J connectivity index is 1.55. The maximum absolute atomic E-state index is 13.7. The van der Waals surface area contributed by atoms with Crippen LogP contribution < -0.4 is 5.32 Å². The number of benzene rings is 2. The first-order valence-electron chi connectivity index (χ1n) is 7.29. The van der Waals surface area contributed by atoms with Gasteiger partial charge in [-0.3, -0.25) is 0 Å². The summed E-state index contributed by atoms with van der Waals surface area (Å²) in [5, 5.41) is 3.63. The minimum absolute atomic E-state index is 0.0629. The molecule has 1 nitrogen and oxygen atoms in total. The molecule has 0 saturated heterocycles. The van der Waals surface area contributed by atoms with Crippen LogP contribution in [0.25, 0.3) is 0 Å². The van der Waals surface area contributed by atoms with Crippen molar-refractivity contribution in [1.82, 2.24) is 5.32 Å². The molecule has 1 aliphatic carbocycles. The average Bonchev–Trinajstić information content (AvgIpc) is 2.44. The van der Waals surface area contributed by atoms with E-state index in [4.69, 9.17) is 0 Å². The Morgan fingerprint density at radius 1 is 1.00 bits per heavy atom. The highest BCUT2D eigenvalue weighted by Gasteiger charge is 2.32. The van der Waals surface area contributed by atoms with Crippen LogP contribution in [0.4, 0.5) is 4.39 Å². The van der Waals surface area contributed by atoms with E-state index in [1.807, 2.05) is 18.2 Å². The van der Waals surface area contributed by atoms with Gasteiger partial charge in [0.15, 0.2) is 0 Å². The molecule has 0 radical (unpaired) electrons. The van der Waals surface area contributed by atoms with Crippen LogP contribution in [0, 0.1) is 5.82 Å². The third kappa shape index (κ3) is 2.75. The van der Waals surface area contributed by atoms with Crippen LogP contribution in [0.5, 0.6) is 0 Å². The lowest BCUT2D eigenvalue weighted by Gasteiger charge is -2.38. The first-order valence-corrected chi connectivity index (χ1v) is 7.29. The molecular weight excluding hydrogens is 249 g/mol. The van der Waals surface area contributed by atoms with Crippen LogP contribution >= 0.6 is 0 Å². The van der Waals surface area contributed by atoms with Gasteiger partial charge in [0.05, 0.1) is 0 Å². The summed E-state index contributed by atoms with van der Waals surface area (Å²) >= 11 is 0. The quantitative estimate of drug-likeness (QED) is 0.866. The molecule has 2 aromatic carbocycles. The van der Waals surface area contributed by atoms with E-state index in [9.17, 15) is 4.39 Å². The summed E-state index contributed by atoms with van der Waals surface area (Å²) in [5.41, 5.74) is 2.18. The highest BCUT2D eigenvalue weighted by Crippen LogP contribution is 2.38. The standard InChI is InChI=1S/C18H20FN/c1-13(14-7-3-2-4-8-14)20-16-11-15(12-16)17-9-5-6-10-18(17)19/h2-10,13,15-16,20H,11-12H2,1H3. The van der Waals surface area contributed by atoms with E-state index < -0.39 is 0 Å². The molecule has 0 aliphatic heterocycles. The largest absolute Gasteiger partial charge is 0.307 e. The smallest absolute Gasteiger partial charge is 0.126 e. The third-order valence-electron chi connectivity index (χ3n) is 4.27. The molecule has 104 valence electrons. The van der Waals surface area contributed by atoms with Crippen LogP contribution in [0.15, 0.2) is 54.6 Å². The molecular formula is C18H20FN. The fourth-order valence-corrected chi connectivity index (χ4v) is 3.01. The minimum Gasteiger partial charge on any atom is -0.307 e. The fourth-order valence-electron chi connectivity index (χ4n) is 3.01. The van der Waals surface area contributed by atoms with Gasteiger partial charge >= 0.3 is 0 Å². The molecule has 2 aromatic rings. The molecule has 0 spiro atoms. The fraction of sp³-hybridized carbons (Fsp3) is 0.333. The SMILES string of the molecule is CC(NC1CC(c2ccccc2F)C1)c1ccccc1. The van der Waals surface area contributed by atoms with Crippen molar-refractivity contribution in [3.05, 3.63) is 71.5 Å². The minimum atomic E-state index is -0.0629. The van der Waals surface area contributed by atoms with Gasteiger partial charge in [0.25, 0.3) is 0 Å². The Labute approximate surface area is 119 Å². The van der Waals surface area contributed by atoms with Crippen molar-refractivity contribution in [3.63, 3.8) is 0 Å². The van der Waals surface area contributed by atoms with Crippen molar-refractivity contribution in [3.8, 4) is 0 Å². The van der Waals surface area contributed by atoms with Crippen LogP contribution in [0.2, 0.25) is 0 Å². The number of hydrogen-bond acceptors (Lipinski definition) is 1. The number of nitrogens with one attached hydrogen (secondary N) is 1. The van der Waals surface area contributed by atoms with Gasteiger partial charge in [-0.05, 0) is 42.9 Å². The molecule has 0 bridgehead atoms. The van der Waals surface area contributed by atoms with Gasteiger partial charge in [-0.1, -0.05) is 48.5 Å². The van der Waals surface area contributed by atoms with E-state index >= 15 is 0 Å². The normalized spacial score (nSPS) is 23.1. The maximum atomic E-state index is 13.7. The monoisotopic (exact) mass is 269 g/mol. The average molecular weight is 269 g/mol. The van der Waals surface area contributed by atoms with Crippen LogP contribution in [-0.4, -0.2) is 6.04 Å². The summed E-state index contributed by atoms with van der Waals surface area (Å²) in [5.74, 6) is 0.309. The van der Waals surface area contributed by atoms with Gasteiger partial charge in [0.1, 0.15) is 5.82 Å². The number of halogens is 1. The molecule has 0 amide bonds. The highest BCUT2D eigenvalue weighted by molar-refractivity contribution is 5.25. The Kier molecular flexibility index (Phi) is 3.83. The Morgan fingerprint density at radius 3 is 2.35 bits per heavy atom. The molecule has 3 rings (SSSR count). The van der Waals surface area contributed by atoms with Crippen LogP contribution in [0.1, 0.15) is 42.9 Å². The second kappa shape index (κ2) is 5.76. The van der Waals surface area contributed by atoms with Crippen molar-refractivity contribution in [1.29, 1.82) is 0 Å². The maximum Gasteiger partial charge on any atom is 0.126 e. The Hall–Kier alpha value is -1.67. The van der Waals surface area contributed by atoms with Crippen molar-refractivity contribution in [2.45, 2.75) is 37.8 Å². The third-order valence-corrected chi connectivity index (χ3v) is 4.27. The summed E-state index contributed by atoms with van der Waals surface area (Å²) in [4.78, 5) is 0. The second-order valence-corrected chi connectivity index (χ2v) is 5.69. The molecule has 1 unspecified atom stereocenters. The van der Waals surface area contributed by atoms with Gasteiger partial charge in [0, 0.05) is 12.1 Å². The molecule has 2 heteroatoms. The molecule has 1 N–H and O–H groups in total. The molecule has 1 fully saturated rings. The first kappa shape index (κ1) is 13.3. The second-order valence-electron chi connectivity index (χ2n) is 5.69. The summed E-state index contributed by atoms with van der Waals surface area (Å²) in [6, 6.07) is 18.4. The van der Waals surface area contributed by atoms with Crippen molar-refractivity contribution < 1.29 is 4.39 Å². The van der Waals surface area contributed by atoms with Gasteiger partial charge in [0.2, 0.25) is 0 Å². The molecule has 1 atom stereocenters. The Morgan fingerprint density at radius 2 is 1.65 bits per heavy atom. The van der Waals surface area contributed by atoms with E-state index in [1.54, 1.807) is 12.1 Å². The summed E-state index contributed by atoms with van der Waals surface area (Å²) in [6.07, 6.45) is 2.05. The van der Waals surface area contributed by atoms with E-state index in [2.05, 4.69) is 36.5 Å². The lowest BCUT2D eigenvalue weighted by Crippen LogP contribution is -2.41. The lowest BCUT2D eigenvalue weighted by atomic mass is 9.75. The van der Waals surface area contributed by atoms with Gasteiger partial charge < -0.3 is 5.32 Å². The van der Waals surface area contributed by atoms with Crippen LogP contribution in [0.3, 0.4) is 0 Å². The highest BCUT2D eigenvalue weighted by atomic mass is 19.1. The molecule has 0 aromatic heterocycles. The first-order chi connectivity index (χ1) is 9.74. The van der Waals surface area contributed by atoms with Gasteiger partial charge in [-0.25, -0.2) is 4.39 Å². The predicted octanol–water partition coefficient (Wildman–Crippen LogP) is 4.42. The Bertz CT molecular complexity index is 561. The summed E-state index contributed by atoms with van der Waals surface area (Å²) in [6.45, 7) is 2.19.